The van der Waals surface area contributed by atoms with Crippen LogP contribution in [0.4, 0.5) is 5.69 Å². The third kappa shape index (κ3) is 4.46. The largest absolute Gasteiger partial charge is 0.325 e. The van der Waals surface area contributed by atoms with Crippen molar-refractivity contribution in [2.24, 2.45) is 0 Å². The Bertz CT molecular complexity index is 1140. The maximum atomic E-state index is 12.3. The number of rotatable bonds is 6. The van der Waals surface area contributed by atoms with Gasteiger partial charge in [-0.15, -0.1) is 10.2 Å². The minimum Gasteiger partial charge on any atom is -0.325 e. The molecule has 2 heterocycles. The summed E-state index contributed by atoms with van der Waals surface area (Å²) in [6.07, 6.45) is 0.974. The number of aryl methyl sites for hydroxylation is 2. The first-order valence-electron chi connectivity index (χ1n) is 9.43. The molecule has 0 aliphatic rings. The van der Waals surface area contributed by atoms with E-state index in [1.165, 1.54) is 22.9 Å². The standard InChI is InChI=1S/C22H21N5OS/c1-3-16-6-10-18(11-7-16)23-21(28)14-29-22-25-24-20-13-12-19(26-27(20)22)17-8-4-15(2)5-9-17/h4-13H,3,14H2,1-2H3,(H,23,28). The number of thioether (sulfide) groups is 1. The highest BCUT2D eigenvalue weighted by Crippen LogP contribution is 2.21. The Morgan fingerprint density at radius 1 is 1.00 bits per heavy atom. The van der Waals surface area contributed by atoms with Crippen molar-refractivity contribution in [2.75, 3.05) is 11.1 Å². The number of anilines is 1. The van der Waals surface area contributed by atoms with Gasteiger partial charge in [-0.05, 0) is 43.2 Å². The van der Waals surface area contributed by atoms with Crippen molar-refractivity contribution in [2.45, 2.75) is 25.4 Å². The van der Waals surface area contributed by atoms with Crippen molar-refractivity contribution in [1.82, 2.24) is 19.8 Å². The van der Waals surface area contributed by atoms with Gasteiger partial charge in [-0.3, -0.25) is 4.79 Å². The number of amides is 1. The summed E-state index contributed by atoms with van der Waals surface area (Å²) in [5.41, 5.74) is 5.74. The van der Waals surface area contributed by atoms with E-state index in [1.807, 2.05) is 48.5 Å². The summed E-state index contributed by atoms with van der Waals surface area (Å²) < 4.78 is 1.68. The lowest BCUT2D eigenvalue weighted by atomic mass is 10.1. The fourth-order valence-corrected chi connectivity index (χ4v) is 3.58. The maximum absolute atomic E-state index is 12.3. The van der Waals surface area contributed by atoms with Gasteiger partial charge < -0.3 is 5.32 Å². The third-order valence-electron chi connectivity index (χ3n) is 4.56. The average Bonchev–Trinajstić information content (AvgIpc) is 3.15. The van der Waals surface area contributed by atoms with Crippen LogP contribution in [0.1, 0.15) is 18.1 Å². The summed E-state index contributed by atoms with van der Waals surface area (Å²) in [5, 5.41) is 16.5. The van der Waals surface area contributed by atoms with Gasteiger partial charge in [-0.2, -0.15) is 9.61 Å². The van der Waals surface area contributed by atoms with Crippen LogP contribution in [-0.2, 0) is 11.2 Å². The molecule has 0 aliphatic heterocycles. The molecule has 1 N–H and O–H groups in total. The number of nitrogens with one attached hydrogen (secondary N) is 1. The fourth-order valence-electron chi connectivity index (χ4n) is 2.89. The highest BCUT2D eigenvalue weighted by Gasteiger charge is 2.12. The molecule has 2 aromatic carbocycles. The van der Waals surface area contributed by atoms with E-state index >= 15 is 0 Å². The first kappa shape index (κ1) is 19.1. The molecule has 0 atom stereocenters. The highest BCUT2D eigenvalue weighted by atomic mass is 32.2. The molecule has 0 aliphatic carbocycles. The Balaban J connectivity index is 1.46. The number of hydrogen-bond acceptors (Lipinski definition) is 5. The molecule has 29 heavy (non-hydrogen) atoms. The minimum atomic E-state index is -0.0920. The summed E-state index contributed by atoms with van der Waals surface area (Å²) in [5.74, 6) is 0.137. The number of fused-ring (bicyclic) bond motifs is 1. The number of hydrogen-bond donors (Lipinski definition) is 1. The molecule has 6 nitrogen and oxygen atoms in total. The van der Waals surface area contributed by atoms with Crippen LogP contribution in [0.15, 0.2) is 65.8 Å². The summed E-state index contributed by atoms with van der Waals surface area (Å²) in [6, 6.07) is 19.9. The van der Waals surface area contributed by atoms with Crippen LogP contribution in [-0.4, -0.2) is 31.5 Å². The van der Waals surface area contributed by atoms with Crippen LogP contribution in [0.3, 0.4) is 0 Å². The van der Waals surface area contributed by atoms with Gasteiger partial charge in [0.2, 0.25) is 11.1 Å². The molecule has 0 saturated heterocycles. The number of carbonyl (C=O) groups excluding carboxylic acids is 1. The molecule has 2 aromatic heterocycles. The van der Waals surface area contributed by atoms with E-state index in [0.29, 0.717) is 10.8 Å². The van der Waals surface area contributed by atoms with E-state index in [1.54, 1.807) is 4.52 Å². The van der Waals surface area contributed by atoms with Crippen LogP contribution in [0.5, 0.6) is 0 Å². The number of carbonyl (C=O) groups is 1. The predicted octanol–water partition coefficient (Wildman–Crippen LogP) is 4.39. The first-order valence-corrected chi connectivity index (χ1v) is 10.4. The second-order valence-electron chi connectivity index (χ2n) is 6.72. The maximum Gasteiger partial charge on any atom is 0.234 e. The Hall–Kier alpha value is -3.19. The topological polar surface area (TPSA) is 72.2 Å². The molecule has 0 unspecified atom stereocenters. The molecule has 0 spiro atoms. The van der Waals surface area contributed by atoms with E-state index < -0.39 is 0 Å². The Kier molecular flexibility index (Phi) is 5.57. The van der Waals surface area contributed by atoms with E-state index in [2.05, 4.69) is 46.6 Å². The zero-order valence-corrected chi connectivity index (χ0v) is 17.1. The third-order valence-corrected chi connectivity index (χ3v) is 5.48. The van der Waals surface area contributed by atoms with Gasteiger partial charge in [-0.1, -0.05) is 60.6 Å². The van der Waals surface area contributed by atoms with Crippen LogP contribution in [0.2, 0.25) is 0 Å². The Morgan fingerprint density at radius 3 is 2.48 bits per heavy atom. The normalized spacial score (nSPS) is 11.0. The van der Waals surface area contributed by atoms with Crippen LogP contribution in [0, 0.1) is 6.92 Å². The van der Waals surface area contributed by atoms with Crippen molar-refractivity contribution >= 4 is 29.0 Å². The second-order valence-corrected chi connectivity index (χ2v) is 7.67. The minimum absolute atomic E-state index is 0.0920. The molecule has 1 amide bonds. The van der Waals surface area contributed by atoms with Crippen LogP contribution >= 0.6 is 11.8 Å². The zero-order chi connectivity index (χ0) is 20.2. The number of benzene rings is 2. The van der Waals surface area contributed by atoms with Gasteiger partial charge in [0.15, 0.2) is 5.65 Å². The van der Waals surface area contributed by atoms with Crippen molar-refractivity contribution in [3.05, 3.63) is 71.8 Å². The fraction of sp³-hybridized carbons (Fsp3) is 0.182. The lowest BCUT2D eigenvalue weighted by Crippen LogP contribution is -2.14. The van der Waals surface area contributed by atoms with Gasteiger partial charge in [-0.25, -0.2) is 0 Å². The molecular weight excluding hydrogens is 382 g/mol. The van der Waals surface area contributed by atoms with Crippen molar-refractivity contribution in [1.29, 1.82) is 0 Å². The van der Waals surface area contributed by atoms with E-state index in [9.17, 15) is 4.79 Å². The van der Waals surface area contributed by atoms with Crippen molar-refractivity contribution in [3.8, 4) is 11.3 Å². The molecular formula is C22H21N5OS. The zero-order valence-electron chi connectivity index (χ0n) is 16.3. The Labute approximate surface area is 173 Å². The first-order chi connectivity index (χ1) is 14.1. The highest BCUT2D eigenvalue weighted by molar-refractivity contribution is 7.99. The van der Waals surface area contributed by atoms with E-state index in [0.717, 1.165) is 23.4 Å². The molecule has 0 radical (unpaired) electrons. The quantitative estimate of drug-likeness (QED) is 0.483. The summed E-state index contributed by atoms with van der Waals surface area (Å²) in [4.78, 5) is 12.3. The predicted molar refractivity (Wildman–Crippen MR) is 116 cm³/mol. The monoisotopic (exact) mass is 403 g/mol. The second kappa shape index (κ2) is 8.45. The van der Waals surface area contributed by atoms with Crippen molar-refractivity contribution < 1.29 is 4.79 Å². The Morgan fingerprint density at radius 2 is 1.76 bits per heavy atom. The van der Waals surface area contributed by atoms with Crippen LogP contribution in [0.25, 0.3) is 16.9 Å². The average molecular weight is 404 g/mol. The molecule has 4 aromatic rings. The van der Waals surface area contributed by atoms with Gasteiger partial charge in [0.25, 0.3) is 0 Å². The van der Waals surface area contributed by atoms with Gasteiger partial charge in [0, 0.05) is 11.3 Å². The number of aromatic nitrogens is 4. The molecule has 146 valence electrons. The SMILES string of the molecule is CCc1ccc(NC(=O)CSc2nnc3ccc(-c4ccc(C)cc4)nn23)cc1. The molecule has 0 bridgehead atoms. The van der Waals surface area contributed by atoms with Crippen LogP contribution < -0.4 is 5.32 Å². The summed E-state index contributed by atoms with van der Waals surface area (Å²) in [6.45, 7) is 4.16. The van der Waals surface area contributed by atoms with E-state index in [-0.39, 0.29) is 11.7 Å². The number of nitrogens with zero attached hydrogens (tertiary/aromatic N) is 4. The van der Waals surface area contributed by atoms with E-state index in [4.69, 9.17) is 0 Å². The summed E-state index contributed by atoms with van der Waals surface area (Å²) in [7, 11) is 0. The lowest BCUT2D eigenvalue weighted by molar-refractivity contribution is -0.113. The van der Waals surface area contributed by atoms with Crippen molar-refractivity contribution in [3.63, 3.8) is 0 Å². The molecule has 4 rings (SSSR count). The molecule has 0 fully saturated rings. The van der Waals surface area contributed by atoms with Gasteiger partial charge in [0.05, 0.1) is 11.4 Å². The van der Waals surface area contributed by atoms with Gasteiger partial charge >= 0.3 is 0 Å². The van der Waals surface area contributed by atoms with Gasteiger partial charge in [0.1, 0.15) is 0 Å². The lowest BCUT2D eigenvalue weighted by Gasteiger charge is -2.06. The molecule has 7 heteroatoms. The summed E-state index contributed by atoms with van der Waals surface area (Å²) >= 11 is 1.31. The molecule has 0 saturated carbocycles. The smallest absolute Gasteiger partial charge is 0.234 e.